The summed E-state index contributed by atoms with van der Waals surface area (Å²) in [4.78, 5) is 26.3. The molecule has 6 heteroatoms. The van der Waals surface area contributed by atoms with Crippen molar-refractivity contribution in [2.24, 2.45) is 0 Å². The molecule has 2 rings (SSSR count). The minimum absolute atomic E-state index is 0.108. The number of rotatable bonds is 4. The van der Waals surface area contributed by atoms with Crippen molar-refractivity contribution in [2.75, 3.05) is 17.7 Å². The van der Waals surface area contributed by atoms with Crippen LogP contribution in [-0.2, 0) is 11.2 Å². The second kappa shape index (κ2) is 8.01. The third-order valence-corrected chi connectivity index (χ3v) is 4.35. The average Bonchev–Trinajstić information content (AvgIpc) is 2.56. The van der Waals surface area contributed by atoms with Crippen LogP contribution in [0.4, 0.5) is 16.2 Å². The minimum atomic E-state index is -0.566. The number of carbonyl (C=O) groups is 2. The lowest BCUT2D eigenvalue weighted by atomic mass is 9.98. The molecule has 0 atom stereocenters. The molecule has 0 aromatic heterocycles. The number of anilines is 2. The molecule has 0 spiro atoms. The third kappa shape index (κ3) is 5.47. The summed E-state index contributed by atoms with van der Waals surface area (Å²) in [5.74, 6) is -0.108. The summed E-state index contributed by atoms with van der Waals surface area (Å²) in [6.45, 7) is 7.36. The van der Waals surface area contributed by atoms with Crippen LogP contribution in [0, 0.1) is 6.92 Å². The molecule has 2 aromatic carbocycles. The predicted octanol–water partition coefficient (Wildman–Crippen LogP) is 5.03. The summed E-state index contributed by atoms with van der Waals surface area (Å²) in [5.41, 5.74) is 8.54. The molecule has 0 aliphatic carbocycles. The van der Waals surface area contributed by atoms with Crippen molar-refractivity contribution in [3.63, 3.8) is 0 Å². The van der Waals surface area contributed by atoms with Gasteiger partial charge >= 0.3 is 6.09 Å². The third-order valence-electron chi connectivity index (χ3n) is 4.02. The Hall–Kier alpha value is -2.53. The second-order valence-corrected chi connectivity index (χ2v) is 7.90. The highest BCUT2D eigenvalue weighted by Crippen LogP contribution is 2.24. The number of Topliss-reactive ketones (excluding diaryl/α,β-unsaturated/α-hetero) is 1. The van der Waals surface area contributed by atoms with Crippen LogP contribution in [-0.4, -0.2) is 24.5 Å². The molecule has 27 heavy (non-hydrogen) atoms. The van der Waals surface area contributed by atoms with Gasteiger partial charge in [0.05, 0.1) is 5.02 Å². The Morgan fingerprint density at radius 1 is 1.15 bits per heavy atom. The van der Waals surface area contributed by atoms with Crippen LogP contribution < -0.4 is 10.6 Å². The number of ether oxygens (including phenoxy) is 1. The first-order chi connectivity index (χ1) is 12.5. The molecule has 2 aromatic rings. The normalized spacial score (nSPS) is 11.2. The van der Waals surface area contributed by atoms with E-state index in [-0.39, 0.29) is 12.2 Å². The average molecular weight is 389 g/mol. The Balaban J connectivity index is 2.18. The molecule has 0 fully saturated rings. The first-order valence-electron chi connectivity index (χ1n) is 8.62. The monoisotopic (exact) mass is 388 g/mol. The standard InChI is InChI=1S/C21H25ClN2O3/c1-13-10-16(24(5)20(26)27-21(2,3)4)8-6-14(13)11-19(25)17-12-15(23)7-9-18(17)22/h6-10,12H,11,23H2,1-5H3. The van der Waals surface area contributed by atoms with Crippen LogP contribution in [0.2, 0.25) is 5.02 Å². The molecule has 0 radical (unpaired) electrons. The molecule has 0 saturated heterocycles. The van der Waals surface area contributed by atoms with Crippen molar-refractivity contribution in [1.29, 1.82) is 0 Å². The van der Waals surface area contributed by atoms with Gasteiger partial charge in [-0.3, -0.25) is 9.69 Å². The first-order valence-corrected chi connectivity index (χ1v) is 9.00. The van der Waals surface area contributed by atoms with Gasteiger partial charge in [-0.25, -0.2) is 4.79 Å². The lowest BCUT2D eigenvalue weighted by Crippen LogP contribution is -2.34. The highest BCUT2D eigenvalue weighted by molar-refractivity contribution is 6.34. The van der Waals surface area contributed by atoms with Gasteiger partial charge in [-0.15, -0.1) is 0 Å². The molecule has 1 amide bonds. The molecule has 0 heterocycles. The molecule has 5 nitrogen and oxygen atoms in total. The van der Waals surface area contributed by atoms with Crippen molar-refractivity contribution in [1.82, 2.24) is 0 Å². The molecular weight excluding hydrogens is 364 g/mol. The SMILES string of the molecule is Cc1cc(N(C)C(=O)OC(C)(C)C)ccc1CC(=O)c1cc(N)ccc1Cl. The molecule has 0 aliphatic heterocycles. The Morgan fingerprint density at radius 3 is 2.41 bits per heavy atom. The van der Waals surface area contributed by atoms with E-state index in [4.69, 9.17) is 22.1 Å². The summed E-state index contributed by atoms with van der Waals surface area (Å²) < 4.78 is 5.38. The Labute approximate surface area is 165 Å². The van der Waals surface area contributed by atoms with Gasteiger partial charge in [-0.2, -0.15) is 0 Å². The van der Waals surface area contributed by atoms with E-state index in [9.17, 15) is 9.59 Å². The molecule has 144 valence electrons. The molecule has 0 aliphatic rings. The van der Waals surface area contributed by atoms with E-state index in [1.807, 2.05) is 39.8 Å². The van der Waals surface area contributed by atoms with Crippen molar-refractivity contribution in [3.05, 3.63) is 58.1 Å². The van der Waals surface area contributed by atoms with Gasteiger partial charge in [-0.1, -0.05) is 17.7 Å². The predicted molar refractivity (Wildman–Crippen MR) is 110 cm³/mol. The summed E-state index contributed by atoms with van der Waals surface area (Å²) in [6, 6.07) is 10.4. The molecule has 0 bridgehead atoms. The fraction of sp³-hybridized carbons (Fsp3) is 0.333. The molecular formula is C21H25ClN2O3. The van der Waals surface area contributed by atoms with E-state index >= 15 is 0 Å². The number of nitrogens with two attached hydrogens (primary N) is 1. The quantitative estimate of drug-likeness (QED) is 0.589. The topological polar surface area (TPSA) is 72.6 Å². The number of nitrogen functional groups attached to an aromatic ring is 1. The Bertz CT molecular complexity index is 872. The summed E-state index contributed by atoms with van der Waals surface area (Å²) >= 11 is 6.12. The maximum atomic E-state index is 12.6. The van der Waals surface area contributed by atoms with E-state index in [2.05, 4.69) is 0 Å². The maximum absolute atomic E-state index is 12.6. The largest absolute Gasteiger partial charge is 0.443 e. The van der Waals surface area contributed by atoms with Crippen molar-refractivity contribution in [3.8, 4) is 0 Å². The summed E-state index contributed by atoms with van der Waals surface area (Å²) in [7, 11) is 1.65. The lowest BCUT2D eigenvalue weighted by Gasteiger charge is -2.25. The second-order valence-electron chi connectivity index (χ2n) is 7.49. The van der Waals surface area contributed by atoms with Crippen LogP contribution in [0.15, 0.2) is 36.4 Å². The van der Waals surface area contributed by atoms with Gasteiger partial charge < -0.3 is 10.5 Å². The van der Waals surface area contributed by atoms with E-state index in [1.165, 1.54) is 4.90 Å². The van der Waals surface area contributed by atoms with Crippen LogP contribution in [0.25, 0.3) is 0 Å². The minimum Gasteiger partial charge on any atom is -0.443 e. The number of halogens is 1. The fourth-order valence-electron chi connectivity index (χ4n) is 2.55. The van der Waals surface area contributed by atoms with Gasteiger partial charge in [0.15, 0.2) is 5.78 Å². The van der Waals surface area contributed by atoms with Gasteiger partial charge in [0.1, 0.15) is 5.60 Å². The number of carbonyl (C=O) groups excluding carboxylic acids is 2. The Morgan fingerprint density at radius 2 is 1.81 bits per heavy atom. The van der Waals surface area contributed by atoms with E-state index in [0.717, 1.165) is 11.1 Å². The van der Waals surface area contributed by atoms with Crippen LogP contribution in [0.3, 0.4) is 0 Å². The highest BCUT2D eigenvalue weighted by Gasteiger charge is 2.21. The number of nitrogens with zero attached hydrogens (tertiary/aromatic N) is 1. The van der Waals surface area contributed by atoms with Crippen LogP contribution >= 0.6 is 11.6 Å². The van der Waals surface area contributed by atoms with Gasteiger partial charge in [0.25, 0.3) is 0 Å². The number of benzene rings is 2. The molecule has 2 N–H and O–H groups in total. The van der Waals surface area contributed by atoms with Gasteiger partial charge in [-0.05, 0) is 69.2 Å². The lowest BCUT2D eigenvalue weighted by molar-refractivity contribution is 0.0589. The maximum Gasteiger partial charge on any atom is 0.414 e. The number of hydrogen-bond acceptors (Lipinski definition) is 4. The van der Waals surface area contributed by atoms with E-state index < -0.39 is 11.7 Å². The zero-order valence-electron chi connectivity index (χ0n) is 16.3. The van der Waals surface area contributed by atoms with Crippen molar-refractivity contribution < 1.29 is 14.3 Å². The molecule has 0 saturated carbocycles. The van der Waals surface area contributed by atoms with Crippen molar-refractivity contribution >= 4 is 34.9 Å². The number of amides is 1. The van der Waals surface area contributed by atoms with Crippen LogP contribution in [0.1, 0.15) is 42.3 Å². The van der Waals surface area contributed by atoms with E-state index in [1.54, 1.807) is 31.3 Å². The number of aryl methyl sites for hydroxylation is 1. The van der Waals surface area contributed by atoms with E-state index in [0.29, 0.717) is 22.0 Å². The summed E-state index contributed by atoms with van der Waals surface area (Å²) in [5, 5.41) is 0.383. The number of ketones is 1. The highest BCUT2D eigenvalue weighted by atomic mass is 35.5. The van der Waals surface area contributed by atoms with Gasteiger partial charge in [0, 0.05) is 30.4 Å². The zero-order chi connectivity index (χ0) is 20.4. The number of hydrogen-bond donors (Lipinski definition) is 1. The summed E-state index contributed by atoms with van der Waals surface area (Å²) in [6.07, 6.45) is -0.233. The smallest absolute Gasteiger partial charge is 0.414 e. The van der Waals surface area contributed by atoms with Crippen molar-refractivity contribution in [2.45, 2.75) is 39.7 Å². The first kappa shape index (κ1) is 20.8. The van der Waals surface area contributed by atoms with Gasteiger partial charge in [0.2, 0.25) is 0 Å². The molecule has 0 unspecified atom stereocenters. The Kier molecular flexibility index (Phi) is 6.16. The van der Waals surface area contributed by atoms with Crippen LogP contribution in [0.5, 0.6) is 0 Å². The zero-order valence-corrected chi connectivity index (χ0v) is 17.1. The fourth-order valence-corrected chi connectivity index (χ4v) is 2.77.